The molecular formula is C21H23FN4O3. The maximum atomic E-state index is 13.1. The molecule has 3 aromatic rings. The number of furan rings is 1. The Morgan fingerprint density at radius 1 is 1.10 bits per heavy atom. The van der Waals surface area contributed by atoms with E-state index in [-0.39, 0.29) is 11.7 Å². The maximum Gasteiger partial charge on any atom is 0.238 e. The summed E-state index contributed by atoms with van der Waals surface area (Å²) in [6.07, 6.45) is 3.20. The highest BCUT2D eigenvalue weighted by atomic mass is 19.1. The fourth-order valence-corrected chi connectivity index (χ4v) is 3.46. The van der Waals surface area contributed by atoms with Crippen LogP contribution in [0.15, 0.2) is 51.6 Å². The van der Waals surface area contributed by atoms with Gasteiger partial charge in [-0.3, -0.25) is 9.69 Å². The first-order valence-corrected chi connectivity index (χ1v) is 9.78. The van der Waals surface area contributed by atoms with Gasteiger partial charge in [-0.2, -0.15) is 4.98 Å². The molecule has 1 saturated heterocycles. The molecule has 3 heterocycles. The van der Waals surface area contributed by atoms with Crippen molar-refractivity contribution in [1.29, 1.82) is 0 Å². The molecular weight excluding hydrogens is 375 g/mol. The number of hydrogen-bond donors (Lipinski definition) is 0. The average Bonchev–Trinajstić information content (AvgIpc) is 3.37. The number of carbonyl (C=O) groups excluding carboxylic acids is 1. The lowest BCUT2D eigenvalue weighted by atomic mass is 10.2. The molecule has 1 aliphatic heterocycles. The van der Waals surface area contributed by atoms with Crippen LogP contribution in [0.25, 0.3) is 11.6 Å². The zero-order chi connectivity index (χ0) is 20.1. The third-order valence-electron chi connectivity index (χ3n) is 5.02. The quantitative estimate of drug-likeness (QED) is 0.635. The summed E-state index contributed by atoms with van der Waals surface area (Å²) in [6.45, 7) is 3.89. The lowest BCUT2D eigenvalue weighted by molar-refractivity contribution is -0.131. The number of halogens is 1. The van der Waals surface area contributed by atoms with Gasteiger partial charge >= 0.3 is 0 Å². The van der Waals surface area contributed by atoms with E-state index in [1.807, 2.05) is 17.0 Å². The average molecular weight is 398 g/mol. The molecule has 0 bridgehead atoms. The van der Waals surface area contributed by atoms with Crippen molar-refractivity contribution in [2.24, 2.45) is 0 Å². The molecule has 0 radical (unpaired) electrons. The van der Waals surface area contributed by atoms with Gasteiger partial charge in [0.05, 0.1) is 6.26 Å². The normalized spacial score (nSPS) is 15.4. The monoisotopic (exact) mass is 398 g/mol. The molecule has 0 aliphatic carbocycles. The van der Waals surface area contributed by atoms with E-state index < -0.39 is 0 Å². The first-order valence-electron chi connectivity index (χ1n) is 9.78. The van der Waals surface area contributed by atoms with Crippen molar-refractivity contribution in [2.75, 3.05) is 26.2 Å². The van der Waals surface area contributed by atoms with Crippen LogP contribution in [-0.4, -0.2) is 52.0 Å². The van der Waals surface area contributed by atoms with Crippen molar-refractivity contribution >= 4 is 5.91 Å². The molecule has 0 unspecified atom stereocenters. The molecule has 0 saturated carbocycles. The van der Waals surface area contributed by atoms with Crippen LogP contribution in [0.2, 0.25) is 0 Å². The van der Waals surface area contributed by atoms with Crippen molar-refractivity contribution in [1.82, 2.24) is 19.9 Å². The number of nitrogens with zero attached hydrogens (tertiary/aromatic N) is 4. The molecule has 2 aromatic heterocycles. The first-order chi connectivity index (χ1) is 14.2. The molecule has 4 rings (SSSR count). The minimum atomic E-state index is -0.223. The lowest BCUT2D eigenvalue weighted by Crippen LogP contribution is -2.35. The Bertz CT molecular complexity index is 924. The third kappa shape index (κ3) is 5.08. The van der Waals surface area contributed by atoms with Gasteiger partial charge in [0.15, 0.2) is 5.76 Å². The molecule has 29 heavy (non-hydrogen) atoms. The summed E-state index contributed by atoms with van der Waals surface area (Å²) in [7, 11) is 0. The van der Waals surface area contributed by atoms with E-state index in [0.29, 0.717) is 36.9 Å². The van der Waals surface area contributed by atoms with Gasteiger partial charge < -0.3 is 13.8 Å². The number of hydrogen-bond acceptors (Lipinski definition) is 6. The van der Waals surface area contributed by atoms with Crippen LogP contribution < -0.4 is 0 Å². The smallest absolute Gasteiger partial charge is 0.238 e. The zero-order valence-electron chi connectivity index (χ0n) is 16.1. The van der Waals surface area contributed by atoms with Crippen molar-refractivity contribution in [2.45, 2.75) is 25.8 Å². The van der Waals surface area contributed by atoms with Crippen molar-refractivity contribution in [3.05, 3.63) is 59.9 Å². The highest BCUT2D eigenvalue weighted by molar-refractivity contribution is 5.76. The van der Waals surface area contributed by atoms with E-state index in [1.165, 1.54) is 12.1 Å². The van der Waals surface area contributed by atoms with E-state index >= 15 is 0 Å². The Morgan fingerprint density at radius 2 is 1.97 bits per heavy atom. The fraction of sp³-hybridized carbons (Fsp3) is 0.381. The van der Waals surface area contributed by atoms with Crippen LogP contribution in [0.1, 0.15) is 24.3 Å². The Hall–Kier alpha value is -3.00. The summed E-state index contributed by atoms with van der Waals surface area (Å²) in [5, 5.41) is 3.88. The predicted octanol–water partition coefficient (Wildman–Crippen LogP) is 3.14. The van der Waals surface area contributed by atoms with Crippen molar-refractivity contribution in [3.8, 4) is 11.6 Å². The third-order valence-corrected chi connectivity index (χ3v) is 5.02. The number of rotatable bonds is 6. The number of aryl methyl sites for hydroxylation is 1. The Labute approximate surface area is 168 Å². The molecule has 0 spiro atoms. The zero-order valence-corrected chi connectivity index (χ0v) is 16.1. The van der Waals surface area contributed by atoms with Crippen molar-refractivity contribution in [3.63, 3.8) is 0 Å². The highest BCUT2D eigenvalue weighted by Crippen LogP contribution is 2.17. The van der Waals surface area contributed by atoms with Crippen LogP contribution in [0.3, 0.4) is 0 Å². The van der Waals surface area contributed by atoms with Gasteiger partial charge in [-0.25, -0.2) is 4.39 Å². The molecule has 0 N–H and O–H groups in total. The van der Waals surface area contributed by atoms with Crippen LogP contribution in [-0.2, 0) is 17.8 Å². The Balaban J connectivity index is 1.25. The molecule has 1 fully saturated rings. The maximum absolute atomic E-state index is 13.1. The number of benzene rings is 1. The number of amides is 1. The van der Waals surface area contributed by atoms with Gasteiger partial charge in [0, 0.05) is 45.6 Å². The Kier molecular flexibility index (Phi) is 6.00. The predicted molar refractivity (Wildman–Crippen MR) is 103 cm³/mol. The van der Waals surface area contributed by atoms with E-state index in [4.69, 9.17) is 8.94 Å². The minimum Gasteiger partial charge on any atom is -0.461 e. The van der Waals surface area contributed by atoms with Gasteiger partial charge in [0.25, 0.3) is 0 Å². The Morgan fingerprint density at radius 3 is 2.76 bits per heavy atom. The summed E-state index contributed by atoms with van der Waals surface area (Å²) in [5.41, 5.74) is 1.08. The molecule has 1 aliphatic rings. The van der Waals surface area contributed by atoms with E-state index in [1.54, 1.807) is 18.4 Å². The molecule has 8 heteroatoms. The molecule has 7 nitrogen and oxygen atoms in total. The number of carbonyl (C=O) groups is 1. The van der Waals surface area contributed by atoms with Gasteiger partial charge in [-0.15, -0.1) is 0 Å². The van der Waals surface area contributed by atoms with Gasteiger partial charge in [0.2, 0.25) is 17.6 Å². The molecule has 152 valence electrons. The van der Waals surface area contributed by atoms with E-state index in [2.05, 4.69) is 15.0 Å². The second-order valence-corrected chi connectivity index (χ2v) is 7.13. The standard InChI is InChI=1S/C21H23FN4O3/c22-17-6-4-16(5-7-17)15-25-10-2-11-26(13-12-25)20(27)9-8-19-23-21(24-29-19)18-3-1-14-28-18/h1,3-7,14H,2,8-13,15H2. The second-order valence-electron chi connectivity index (χ2n) is 7.13. The van der Waals surface area contributed by atoms with E-state index in [9.17, 15) is 9.18 Å². The van der Waals surface area contributed by atoms with Crippen LogP contribution >= 0.6 is 0 Å². The van der Waals surface area contributed by atoms with Gasteiger partial charge in [-0.05, 0) is 36.2 Å². The fourth-order valence-electron chi connectivity index (χ4n) is 3.46. The van der Waals surface area contributed by atoms with Crippen LogP contribution in [0, 0.1) is 5.82 Å². The highest BCUT2D eigenvalue weighted by Gasteiger charge is 2.20. The van der Waals surface area contributed by atoms with Gasteiger partial charge in [0.1, 0.15) is 5.82 Å². The molecule has 1 aromatic carbocycles. The molecule has 1 amide bonds. The first kappa shape index (κ1) is 19.3. The summed E-state index contributed by atoms with van der Waals surface area (Å²) in [4.78, 5) is 21.1. The largest absolute Gasteiger partial charge is 0.461 e. The molecule has 0 atom stereocenters. The SMILES string of the molecule is O=C(CCc1nc(-c2ccco2)no1)N1CCCN(Cc2ccc(F)cc2)CC1. The van der Waals surface area contributed by atoms with Crippen LogP contribution in [0.5, 0.6) is 0 Å². The summed E-state index contributed by atoms with van der Waals surface area (Å²) in [6, 6.07) is 10.1. The number of aromatic nitrogens is 2. The lowest BCUT2D eigenvalue weighted by Gasteiger charge is -2.22. The van der Waals surface area contributed by atoms with Crippen molar-refractivity contribution < 1.29 is 18.1 Å². The van der Waals surface area contributed by atoms with E-state index in [0.717, 1.165) is 38.2 Å². The summed E-state index contributed by atoms with van der Waals surface area (Å²) < 4.78 is 23.5. The van der Waals surface area contributed by atoms with Crippen LogP contribution in [0.4, 0.5) is 4.39 Å². The summed E-state index contributed by atoms with van der Waals surface area (Å²) >= 11 is 0. The topological polar surface area (TPSA) is 75.6 Å². The second kappa shape index (κ2) is 9.00. The summed E-state index contributed by atoms with van der Waals surface area (Å²) in [5.74, 6) is 1.23. The van der Waals surface area contributed by atoms with Gasteiger partial charge in [-0.1, -0.05) is 17.3 Å². The minimum absolute atomic E-state index is 0.0892.